The molecular formula is C17H27N5O2S. The fraction of sp³-hybridized carbons (Fsp3) is 0.588. The Bertz CT molecular complexity index is 617. The van der Waals surface area contributed by atoms with Crippen molar-refractivity contribution in [1.82, 2.24) is 20.9 Å². The van der Waals surface area contributed by atoms with Crippen LogP contribution in [0, 0.1) is 0 Å². The van der Waals surface area contributed by atoms with E-state index in [0.29, 0.717) is 25.9 Å². The molecule has 1 unspecified atom stereocenters. The van der Waals surface area contributed by atoms with Crippen LogP contribution < -0.4 is 16.0 Å². The van der Waals surface area contributed by atoms with Crippen molar-refractivity contribution in [3.05, 3.63) is 22.4 Å². The molecule has 3 N–H and O–H groups in total. The van der Waals surface area contributed by atoms with E-state index in [4.69, 9.17) is 0 Å². The second-order valence-electron chi connectivity index (χ2n) is 6.18. The van der Waals surface area contributed by atoms with Crippen molar-refractivity contribution >= 4 is 29.2 Å². The number of carbonyl (C=O) groups is 2. The van der Waals surface area contributed by atoms with Crippen LogP contribution in [0.4, 0.5) is 4.79 Å². The Morgan fingerprint density at radius 3 is 2.72 bits per heavy atom. The van der Waals surface area contributed by atoms with Gasteiger partial charge in [0.05, 0.1) is 0 Å². The molecule has 0 aliphatic carbocycles. The summed E-state index contributed by atoms with van der Waals surface area (Å²) in [7, 11) is 1.73. The number of urea groups is 1. The van der Waals surface area contributed by atoms with Crippen LogP contribution >= 0.6 is 11.3 Å². The van der Waals surface area contributed by atoms with E-state index < -0.39 is 5.54 Å². The number of thiophene rings is 1. The normalized spacial score (nSPS) is 20.8. The van der Waals surface area contributed by atoms with E-state index in [1.54, 1.807) is 25.3 Å². The van der Waals surface area contributed by atoms with Crippen LogP contribution in [0.25, 0.3) is 0 Å². The van der Waals surface area contributed by atoms with E-state index in [-0.39, 0.29) is 11.9 Å². The lowest BCUT2D eigenvalue weighted by Crippen LogP contribution is -2.43. The van der Waals surface area contributed by atoms with Gasteiger partial charge in [0.1, 0.15) is 5.54 Å². The van der Waals surface area contributed by atoms with E-state index in [1.165, 1.54) is 9.78 Å². The van der Waals surface area contributed by atoms with Gasteiger partial charge in [-0.05, 0) is 37.6 Å². The highest BCUT2D eigenvalue weighted by Gasteiger charge is 2.45. The zero-order valence-electron chi connectivity index (χ0n) is 15.1. The molecule has 3 amide bonds. The van der Waals surface area contributed by atoms with E-state index in [0.717, 1.165) is 18.9 Å². The molecule has 8 heteroatoms. The molecule has 1 fully saturated rings. The predicted molar refractivity (Wildman–Crippen MR) is 101 cm³/mol. The summed E-state index contributed by atoms with van der Waals surface area (Å²) in [6.07, 6.45) is 2.22. The second-order valence-corrected chi connectivity index (χ2v) is 7.21. The van der Waals surface area contributed by atoms with Gasteiger partial charge in [0.2, 0.25) is 0 Å². The lowest BCUT2D eigenvalue weighted by Gasteiger charge is -2.19. The smallest absolute Gasteiger partial charge is 0.325 e. The average molecular weight is 366 g/mol. The van der Waals surface area contributed by atoms with Crippen molar-refractivity contribution in [3.8, 4) is 0 Å². The van der Waals surface area contributed by atoms with Gasteiger partial charge in [0.15, 0.2) is 5.96 Å². The number of hydrogen-bond donors (Lipinski definition) is 3. The molecule has 1 aliphatic heterocycles. The number of aliphatic imine (C=N–C) groups is 1. The Labute approximate surface area is 152 Å². The molecule has 2 heterocycles. The fourth-order valence-electron chi connectivity index (χ4n) is 2.61. The van der Waals surface area contributed by atoms with E-state index in [9.17, 15) is 9.59 Å². The molecule has 1 saturated heterocycles. The lowest BCUT2D eigenvalue weighted by molar-refractivity contribution is -0.130. The van der Waals surface area contributed by atoms with Gasteiger partial charge in [-0.2, -0.15) is 0 Å². The third-order valence-electron chi connectivity index (χ3n) is 4.37. The van der Waals surface area contributed by atoms with Crippen LogP contribution in [0.1, 0.15) is 31.6 Å². The van der Waals surface area contributed by atoms with Crippen molar-refractivity contribution < 1.29 is 9.59 Å². The zero-order valence-corrected chi connectivity index (χ0v) is 15.9. The largest absolute Gasteiger partial charge is 0.356 e. The SMILES string of the molecule is CCC1(C)NC(=O)N(CCCNC(=NC)NCCc2cccs2)C1=O. The van der Waals surface area contributed by atoms with E-state index in [2.05, 4.69) is 32.4 Å². The summed E-state index contributed by atoms with van der Waals surface area (Å²) in [5, 5.41) is 11.3. The third kappa shape index (κ3) is 4.94. The van der Waals surface area contributed by atoms with Crippen molar-refractivity contribution in [2.24, 2.45) is 4.99 Å². The van der Waals surface area contributed by atoms with Gasteiger partial charge in [-0.15, -0.1) is 11.3 Å². The summed E-state index contributed by atoms with van der Waals surface area (Å²) < 4.78 is 0. The van der Waals surface area contributed by atoms with Gasteiger partial charge in [-0.25, -0.2) is 4.79 Å². The maximum atomic E-state index is 12.3. The average Bonchev–Trinajstić information content (AvgIpc) is 3.19. The van der Waals surface area contributed by atoms with Gasteiger partial charge in [-0.3, -0.25) is 14.7 Å². The first kappa shape index (κ1) is 19.2. The van der Waals surface area contributed by atoms with Crippen LogP contribution in [0.2, 0.25) is 0 Å². The van der Waals surface area contributed by atoms with Gasteiger partial charge >= 0.3 is 6.03 Å². The standard InChI is InChI=1S/C17H27N5O2S/c1-4-17(2)14(23)22(16(24)21-17)11-6-9-19-15(18-3)20-10-8-13-7-5-12-25-13/h5,7,12H,4,6,8-11H2,1-3H3,(H,21,24)(H2,18,19,20). The topological polar surface area (TPSA) is 85.8 Å². The minimum atomic E-state index is -0.760. The minimum Gasteiger partial charge on any atom is -0.356 e. The zero-order chi connectivity index (χ0) is 18.3. The quantitative estimate of drug-likeness (QED) is 0.282. The van der Waals surface area contributed by atoms with Crippen LogP contribution in [0.3, 0.4) is 0 Å². The molecule has 0 spiro atoms. The summed E-state index contributed by atoms with van der Waals surface area (Å²) in [5.74, 6) is 0.589. The van der Waals surface area contributed by atoms with Crippen LogP contribution in [0.5, 0.6) is 0 Å². The molecule has 1 aromatic rings. The molecule has 1 aliphatic rings. The second kappa shape index (κ2) is 8.84. The molecule has 0 saturated carbocycles. The van der Waals surface area contributed by atoms with Crippen molar-refractivity contribution in [3.63, 3.8) is 0 Å². The van der Waals surface area contributed by atoms with Gasteiger partial charge in [0, 0.05) is 31.6 Å². The Balaban J connectivity index is 1.67. The Hall–Kier alpha value is -2.09. The number of hydrogen-bond acceptors (Lipinski definition) is 4. The number of nitrogens with zero attached hydrogens (tertiary/aromatic N) is 2. The number of nitrogens with one attached hydrogen (secondary N) is 3. The first-order chi connectivity index (χ1) is 12.0. The highest BCUT2D eigenvalue weighted by molar-refractivity contribution is 7.09. The van der Waals surface area contributed by atoms with E-state index >= 15 is 0 Å². The monoisotopic (exact) mass is 365 g/mol. The minimum absolute atomic E-state index is 0.140. The van der Waals surface area contributed by atoms with Crippen molar-refractivity contribution in [1.29, 1.82) is 0 Å². The molecular weight excluding hydrogens is 338 g/mol. The van der Waals surface area contributed by atoms with Gasteiger partial charge in [-0.1, -0.05) is 13.0 Å². The predicted octanol–water partition coefficient (Wildman–Crippen LogP) is 1.57. The number of guanidine groups is 1. The Morgan fingerprint density at radius 1 is 1.36 bits per heavy atom. The summed E-state index contributed by atoms with van der Waals surface area (Å²) in [6.45, 7) is 5.51. The number of rotatable bonds is 8. The summed E-state index contributed by atoms with van der Waals surface area (Å²) in [6, 6.07) is 3.87. The first-order valence-electron chi connectivity index (χ1n) is 8.61. The van der Waals surface area contributed by atoms with Crippen molar-refractivity contribution in [2.75, 3.05) is 26.7 Å². The maximum absolute atomic E-state index is 12.3. The summed E-state index contributed by atoms with van der Waals surface area (Å²) in [5.41, 5.74) is -0.760. The summed E-state index contributed by atoms with van der Waals surface area (Å²) >= 11 is 1.74. The molecule has 25 heavy (non-hydrogen) atoms. The summed E-state index contributed by atoms with van der Waals surface area (Å²) in [4.78, 5) is 31.0. The number of amides is 3. The van der Waals surface area contributed by atoms with Crippen LogP contribution in [-0.4, -0.2) is 55.0 Å². The fourth-order valence-corrected chi connectivity index (χ4v) is 3.32. The number of carbonyl (C=O) groups excluding carboxylic acids is 2. The van der Waals surface area contributed by atoms with Gasteiger partial charge in [0.25, 0.3) is 5.91 Å². The molecule has 2 rings (SSSR count). The van der Waals surface area contributed by atoms with Crippen LogP contribution in [-0.2, 0) is 11.2 Å². The van der Waals surface area contributed by atoms with E-state index in [1.807, 2.05) is 13.0 Å². The molecule has 0 aromatic carbocycles. The highest BCUT2D eigenvalue weighted by Crippen LogP contribution is 2.20. The molecule has 7 nitrogen and oxygen atoms in total. The Kier molecular flexibility index (Phi) is 6.81. The molecule has 0 radical (unpaired) electrons. The van der Waals surface area contributed by atoms with Crippen LogP contribution in [0.15, 0.2) is 22.5 Å². The Morgan fingerprint density at radius 2 is 2.12 bits per heavy atom. The molecule has 1 atom stereocenters. The van der Waals surface area contributed by atoms with Gasteiger partial charge < -0.3 is 16.0 Å². The number of imide groups is 1. The molecule has 138 valence electrons. The van der Waals surface area contributed by atoms with Crippen molar-refractivity contribution in [2.45, 2.75) is 38.6 Å². The molecule has 0 bridgehead atoms. The highest BCUT2D eigenvalue weighted by atomic mass is 32.1. The first-order valence-corrected chi connectivity index (χ1v) is 9.49. The lowest BCUT2D eigenvalue weighted by atomic mass is 9.99. The maximum Gasteiger partial charge on any atom is 0.325 e. The molecule has 1 aromatic heterocycles. The third-order valence-corrected chi connectivity index (χ3v) is 5.31.